The van der Waals surface area contributed by atoms with Gasteiger partial charge in [0.1, 0.15) is 0 Å². The maximum Gasteiger partial charge on any atom is 0.0340 e. The third-order valence-electron chi connectivity index (χ3n) is 3.14. The van der Waals surface area contributed by atoms with Gasteiger partial charge < -0.3 is 9.99 Å². The summed E-state index contributed by atoms with van der Waals surface area (Å²) in [5.41, 5.74) is 3.57. The van der Waals surface area contributed by atoms with Crippen LogP contribution in [0.15, 0.2) is 11.3 Å². The van der Waals surface area contributed by atoms with Crippen LogP contribution in [0.25, 0.3) is 0 Å². The molecule has 0 bridgehead atoms. The highest BCUT2D eigenvalue weighted by Gasteiger charge is 2.32. The maximum atomic E-state index is 3.57. The molecule has 0 aromatic rings. The van der Waals surface area contributed by atoms with E-state index < -0.39 is 0 Å². The first-order valence-corrected chi connectivity index (χ1v) is 9.12. The minimum Gasteiger partial charge on any atom is -0.351 e. The molecule has 4 heteroatoms. The summed E-state index contributed by atoms with van der Waals surface area (Å²) in [5, 5.41) is 3.57. The SMILES string of the molecule is CC(C)(C)C1=C(C(C)(C)C)N(PP)CCNC1. The number of hydrogen-bond acceptors (Lipinski definition) is 2. The lowest BCUT2D eigenvalue weighted by molar-refractivity contribution is 0.366. The lowest BCUT2D eigenvalue weighted by atomic mass is 9.78. The van der Waals surface area contributed by atoms with Crippen LogP contribution in [0.2, 0.25) is 0 Å². The van der Waals surface area contributed by atoms with Gasteiger partial charge in [-0.05, 0) is 19.4 Å². The van der Waals surface area contributed by atoms with E-state index in [-0.39, 0.29) is 10.8 Å². The summed E-state index contributed by atoms with van der Waals surface area (Å²) < 4.78 is 2.55. The van der Waals surface area contributed by atoms with E-state index in [1.807, 2.05) is 0 Å². The highest BCUT2D eigenvalue weighted by molar-refractivity contribution is 8.01. The smallest absolute Gasteiger partial charge is 0.0340 e. The van der Waals surface area contributed by atoms with E-state index in [0.717, 1.165) is 28.1 Å². The second kappa shape index (κ2) is 5.55. The monoisotopic (exact) mass is 274 g/mol. The Morgan fingerprint density at radius 2 is 1.71 bits per heavy atom. The predicted octanol–water partition coefficient (Wildman–Crippen LogP) is 3.62. The molecule has 0 aromatic carbocycles. The van der Waals surface area contributed by atoms with E-state index in [0.29, 0.717) is 0 Å². The molecule has 2 nitrogen and oxygen atoms in total. The minimum atomic E-state index is 0.220. The van der Waals surface area contributed by atoms with E-state index in [1.165, 1.54) is 0 Å². The van der Waals surface area contributed by atoms with Crippen molar-refractivity contribution < 1.29 is 0 Å². The Kier molecular flexibility index (Phi) is 5.04. The molecule has 1 aliphatic heterocycles. The average Bonchev–Trinajstić information content (AvgIpc) is 2.36. The van der Waals surface area contributed by atoms with Gasteiger partial charge in [-0.15, -0.1) is 0 Å². The molecule has 0 radical (unpaired) electrons. The van der Waals surface area contributed by atoms with E-state index >= 15 is 0 Å². The number of allylic oxidation sites excluding steroid dienone is 1. The van der Waals surface area contributed by atoms with E-state index in [9.17, 15) is 0 Å². The third-order valence-corrected chi connectivity index (χ3v) is 4.84. The summed E-state index contributed by atoms with van der Waals surface area (Å²) in [4.78, 5) is 0. The molecular formula is C13H28N2P2. The summed E-state index contributed by atoms with van der Waals surface area (Å²) >= 11 is 0. The van der Waals surface area contributed by atoms with Gasteiger partial charge in [-0.3, -0.25) is 0 Å². The van der Waals surface area contributed by atoms with Crippen molar-refractivity contribution in [2.24, 2.45) is 10.8 Å². The zero-order chi connectivity index (χ0) is 13.3. The predicted molar refractivity (Wildman–Crippen MR) is 83.5 cm³/mol. The fourth-order valence-electron chi connectivity index (χ4n) is 2.37. The van der Waals surface area contributed by atoms with Crippen molar-refractivity contribution in [2.75, 3.05) is 19.6 Å². The number of hydrogen-bond donors (Lipinski definition) is 1. The van der Waals surface area contributed by atoms with E-state index in [1.54, 1.807) is 11.3 Å². The molecule has 100 valence electrons. The van der Waals surface area contributed by atoms with Crippen molar-refractivity contribution >= 4 is 17.3 Å². The van der Waals surface area contributed by atoms with Gasteiger partial charge in [-0.25, -0.2) is 0 Å². The molecule has 2 atom stereocenters. The van der Waals surface area contributed by atoms with Crippen LogP contribution in [-0.4, -0.2) is 24.3 Å². The van der Waals surface area contributed by atoms with Gasteiger partial charge in [0.05, 0.1) is 0 Å². The second-order valence-corrected chi connectivity index (χ2v) is 8.36. The zero-order valence-electron chi connectivity index (χ0n) is 12.1. The van der Waals surface area contributed by atoms with Gasteiger partial charge in [0, 0.05) is 30.7 Å². The standard InChI is InChI=1S/C13H28N2P2/c1-12(2,3)10-9-14-7-8-15(17-16)11(10)13(4,5)6/h14,17H,7-9,16H2,1-6H3. The van der Waals surface area contributed by atoms with Crippen LogP contribution in [0.3, 0.4) is 0 Å². The van der Waals surface area contributed by atoms with Crippen LogP contribution in [0, 0.1) is 10.8 Å². The van der Waals surface area contributed by atoms with Gasteiger partial charge in [-0.1, -0.05) is 50.5 Å². The molecule has 0 amide bonds. The molecular weight excluding hydrogens is 246 g/mol. The summed E-state index contributed by atoms with van der Waals surface area (Å²) in [6.07, 6.45) is 0. The van der Waals surface area contributed by atoms with Crippen LogP contribution in [-0.2, 0) is 0 Å². The molecule has 1 rings (SSSR count). The Balaban J connectivity index is 3.31. The summed E-state index contributed by atoms with van der Waals surface area (Å²) in [7, 11) is 3.67. The number of rotatable bonds is 1. The molecule has 0 saturated heterocycles. The Bertz CT molecular complexity index is 298. The zero-order valence-corrected chi connectivity index (χ0v) is 14.3. The van der Waals surface area contributed by atoms with Gasteiger partial charge in [0.2, 0.25) is 0 Å². The van der Waals surface area contributed by atoms with Crippen LogP contribution >= 0.6 is 17.3 Å². The highest BCUT2D eigenvalue weighted by Crippen LogP contribution is 2.44. The highest BCUT2D eigenvalue weighted by atomic mass is 32.0. The Morgan fingerprint density at radius 1 is 1.12 bits per heavy atom. The Labute approximate surface area is 111 Å². The van der Waals surface area contributed by atoms with Gasteiger partial charge in [-0.2, -0.15) is 0 Å². The molecule has 1 heterocycles. The van der Waals surface area contributed by atoms with Crippen LogP contribution in [0.1, 0.15) is 41.5 Å². The van der Waals surface area contributed by atoms with Crippen LogP contribution in [0.4, 0.5) is 0 Å². The Morgan fingerprint density at radius 3 is 2.12 bits per heavy atom. The number of nitrogens with zero attached hydrogens (tertiary/aromatic N) is 1. The molecule has 0 spiro atoms. The lowest BCUT2D eigenvalue weighted by Crippen LogP contribution is -2.29. The first-order valence-electron chi connectivity index (χ1n) is 6.36. The summed E-state index contributed by atoms with van der Waals surface area (Å²) in [6, 6.07) is 0. The minimum absolute atomic E-state index is 0.220. The summed E-state index contributed by atoms with van der Waals surface area (Å²) in [6.45, 7) is 17.2. The largest absolute Gasteiger partial charge is 0.351 e. The quantitative estimate of drug-likeness (QED) is 0.735. The fraction of sp³-hybridized carbons (Fsp3) is 0.846. The molecule has 17 heavy (non-hydrogen) atoms. The second-order valence-electron chi connectivity index (χ2n) is 6.78. The lowest BCUT2D eigenvalue weighted by Gasteiger charge is -2.38. The van der Waals surface area contributed by atoms with Gasteiger partial charge >= 0.3 is 0 Å². The van der Waals surface area contributed by atoms with Crippen molar-refractivity contribution in [3.63, 3.8) is 0 Å². The van der Waals surface area contributed by atoms with Crippen LogP contribution in [0.5, 0.6) is 0 Å². The molecule has 0 aliphatic carbocycles. The van der Waals surface area contributed by atoms with Crippen molar-refractivity contribution in [2.45, 2.75) is 41.5 Å². The third kappa shape index (κ3) is 3.91. The van der Waals surface area contributed by atoms with Gasteiger partial charge in [0.15, 0.2) is 0 Å². The normalized spacial score (nSPS) is 20.3. The summed E-state index contributed by atoms with van der Waals surface area (Å²) in [5.74, 6) is 0. The molecule has 0 saturated carbocycles. The average molecular weight is 274 g/mol. The molecule has 0 aromatic heterocycles. The molecule has 1 N–H and O–H groups in total. The van der Waals surface area contributed by atoms with Gasteiger partial charge in [0.25, 0.3) is 0 Å². The van der Waals surface area contributed by atoms with Crippen molar-refractivity contribution in [1.82, 2.24) is 9.99 Å². The first-order chi connectivity index (χ1) is 7.68. The van der Waals surface area contributed by atoms with Crippen molar-refractivity contribution in [3.05, 3.63) is 11.3 Å². The van der Waals surface area contributed by atoms with Crippen molar-refractivity contribution in [1.29, 1.82) is 0 Å². The topological polar surface area (TPSA) is 15.3 Å². The molecule has 1 aliphatic rings. The maximum absolute atomic E-state index is 3.57. The first kappa shape index (κ1) is 15.4. The van der Waals surface area contributed by atoms with E-state index in [2.05, 4.69) is 60.5 Å². The van der Waals surface area contributed by atoms with Crippen molar-refractivity contribution in [3.8, 4) is 0 Å². The number of nitrogens with one attached hydrogen (secondary N) is 1. The van der Waals surface area contributed by atoms with Crippen LogP contribution < -0.4 is 5.32 Å². The fourth-order valence-corrected chi connectivity index (χ4v) is 3.98. The van der Waals surface area contributed by atoms with E-state index in [4.69, 9.17) is 0 Å². The Hall–Kier alpha value is 0.360. The molecule has 0 fully saturated rings. The molecule has 2 unspecified atom stereocenters.